The van der Waals surface area contributed by atoms with Crippen molar-refractivity contribution in [1.82, 2.24) is 14.9 Å². The van der Waals surface area contributed by atoms with Crippen molar-refractivity contribution in [3.05, 3.63) is 18.5 Å². The van der Waals surface area contributed by atoms with E-state index in [9.17, 15) is 4.79 Å². The first kappa shape index (κ1) is 17.1. The molecule has 0 aliphatic carbocycles. The standard InChI is InChI=1S/C18H28N4O2/c1-3-18(4-2)14-15(24-16(18)23)6-9-21-10-12-22(13-11-21)17-19-7-5-8-20-17/h5,7-8,15H,3-4,6,9-14H2,1-2H3. The lowest BCUT2D eigenvalue weighted by Crippen LogP contribution is -2.47. The minimum absolute atomic E-state index is 0.0172. The first-order valence-electron chi connectivity index (χ1n) is 9.12. The van der Waals surface area contributed by atoms with Gasteiger partial charge in [0, 0.05) is 51.5 Å². The van der Waals surface area contributed by atoms with Gasteiger partial charge < -0.3 is 9.64 Å². The van der Waals surface area contributed by atoms with Crippen molar-refractivity contribution >= 4 is 11.9 Å². The van der Waals surface area contributed by atoms with E-state index in [1.54, 1.807) is 12.4 Å². The second-order valence-electron chi connectivity index (χ2n) is 6.89. The summed E-state index contributed by atoms with van der Waals surface area (Å²) in [7, 11) is 0. The number of carbonyl (C=O) groups excluding carboxylic acids is 1. The Bertz CT molecular complexity index is 539. The minimum Gasteiger partial charge on any atom is -0.462 e. The normalized spacial score (nSPS) is 24.2. The molecule has 1 unspecified atom stereocenters. The number of rotatable bonds is 6. The van der Waals surface area contributed by atoms with Gasteiger partial charge >= 0.3 is 5.97 Å². The molecule has 1 atom stereocenters. The predicted molar refractivity (Wildman–Crippen MR) is 92.8 cm³/mol. The molecule has 0 amide bonds. The van der Waals surface area contributed by atoms with Crippen LogP contribution in [0, 0.1) is 5.41 Å². The van der Waals surface area contributed by atoms with Gasteiger partial charge in [-0.2, -0.15) is 0 Å². The van der Waals surface area contributed by atoms with E-state index < -0.39 is 0 Å². The van der Waals surface area contributed by atoms with Gasteiger partial charge in [-0.1, -0.05) is 13.8 Å². The highest BCUT2D eigenvalue weighted by Crippen LogP contribution is 2.41. The summed E-state index contributed by atoms with van der Waals surface area (Å²) in [6, 6.07) is 1.84. The summed E-state index contributed by atoms with van der Waals surface area (Å²) in [4.78, 5) is 25.5. The summed E-state index contributed by atoms with van der Waals surface area (Å²) in [5.41, 5.74) is -0.228. The number of aromatic nitrogens is 2. The maximum absolute atomic E-state index is 12.2. The van der Waals surface area contributed by atoms with Gasteiger partial charge in [0.05, 0.1) is 5.41 Å². The highest BCUT2D eigenvalue weighted by Gasteiger charge is 2.46. The molecular formula is C18H28N4O2. The van der Waals surface area contributed by atoms with Crippen LogP contribution < -0.4 is 4.90 Å². The molecule has 3 heterocycles. The van der Waals surface area contributed by atoms with E-state index in [1.807, 2.05) is 6.07 Å². The van der Waals surface area contributed by atoms with Crippen LogP contribution in [0.25, 0.3) is 0 Å². The number of carbonyl (C=O) groups is 1. The van der Waals surface area contributed by atoms with Gasteiger partial charge in [0.2, 0.25) is 5.95 Å². The fourth-order valence-electron chi connectivity index (χ4n) is 3.78. The number of anilines is 1. The smallest absolute Gasteiger partial charge is 0.312 e. The summed E-state index contributed by atoms with van der Waals surface area (Å²) in [5.74, 6) is 0.834. The lowest BCUT2D eigenvalue weighted by atomic mass is 9.79. The molecule has 0 spiro atoms. The van der Waals surface area contributed by atoms with Gasteiger partial charge in [-0.05, 0) is 25.3 Å². The average Bonchev–Trinajstić information content (AvgIpc) is 2.97. The number of hydrogen-bond donors (Lipinski definition) is 0. The Morgan fingerprint density at radius 2 is 1.83 bits per heavy atom. The third kappa shape index (κ3) is 3.53. The van der Waals surface area contributed by atoms with Crippen LogP contribution >= 0.6 is 0 Å². The Balaban J connectivity index is 1.44. The average molecular weight is 332 g/mol. The van der Waals surface area contributed by atoms with E-state index in [1.165, 1.54) is 0 Å². The first-order valence-corrected chi connectivity index (χ1v) is 9.12. The number of cyclic esters (lactones) is 1. The quantitative estimate of drug-likeness (QED) is 0.744. The van der Waals surface area contributed by atoms with Crippen molar-refractivity contribution < 1.29 is 9.53 Å². The molecule has 0 N–H and O–H groups in total. The maximum atomic E-state index is 12.2. The van der Waals surface area contributed by atoms with E-state index in [0.29, 0.717) is 0 Å². The Morgan fingerprint density at radius 1 is 1.17 bits per heavy atom. The van der Waals surface area contributed by atoms with E-state index >= 15 is 0 Å². The van der Waals surface area contributed by atoms with Gasteiger partial charge in [0.1, 0.15) is 6.10 Å². The first-order chi connectivity index (χ1) is 11.7. The summed E-state index contributed by atoms with van der Waals surface area (Å²) in [5, 5.41) is 0. The molecule has 3 rings (SSSR count). The molecule has 0 bridgehead atoms. The Morgan fingerprint density at radius 3 is 2.42 bits per heavy atom. The summed E-state index contributed by atoms with van der Waals surface area (Å²) < 4.78 is 5.64. The lowest BCUT2D eigenvalue weighted by Gasteiger charge is -2.34. The fraction of sp³-hybridized carbons (Fsp3) is 0.722. The van der Waals surface area contributed by atoms with Crippen LogP contribution in [0.4, 0.5) is 5.95 Å². The molecule has 0 saturated carbocycles. The Kier molecular flexibility index (Phi) is 5.33. The number of nitrogens with zero attached hydrogens (tertiary/aromatic N) is 4. The zero-order valence-electron chi connectivity index (χ0n) is 14.8. The number of hydrogen-bond acceptors (Lipinski definition) is 6. The molecule has 2 aliphatic rings. The molecule has 2 saturated heterocycles. The second kappa shape index (κ2) is 7.47. The van der Waals surface area contributed by atoms with Gasteiger partial charge in [0.15, 0.2) is 0 Å². The van der Waals surface area contributed by atoms with E-state index in [0.717, 1.165) is 64.4 Å². The van der Waals surface area contributed by atoms with Crippen LogP contribution in [0.2, 0.25) is 0 Å². The number of esters is 1. The van der Waals surface area contributed by atoms with Crippen LogP contribution in [0.15, 0.2) is 18.5 Å². The van der Waals surface area contributed by atoms with Gasteiger partial charge in [-0.3, -0.25) is 9.69 Å². The SMILES string of the molecule is CCC1(CC)CC(CCN2CCN(c3ncccn3)CC2)OC1=O. The van der Waals surface area contributed by atoms with E-state index in [2.05, 4.69) is 33.6 Å². The molecule has 1 aromatic heterocycles. The molecule has 24 heavy (non-hydrogen) atoms. The molecule has 2 fully saturated rings. The van der Waals surface area contributed by atoms with Gasteiger partial charge in [-0.25, -0.2) is 9.97 Å². The van der Waals surface area contributed by atoms with Gasteiger partial charge in [0.25, 0.3) is 0 Å². The summed E-state index contributed by atoms with van der Waals surface area (Å²) in [6.07, 6.45) is 7.26. The molecule has 6 nitrogen and oxygen atoms in total. The molecule has 2 aliphatic heterocycles. The molecule has 0 radical (unpaired) electrons. The third-order valence-electron chi connectivity index (χ3n) is 5.65. The Labute approximate surface area is 144 Å². The zero-order chi connectivity index (χ0) is 17.0. The largest absolute Gasteiger partial charge is 0.462 e. The van der Waals surface area contributed by atoms with E-state index in [4.69, 9.17) is 4.74 Å². The van der Waals surface area contributed by atoms with Crippen LogP contribution in [-0.4, -0.2) is 59.7 Å². The topological polar surface area (TPSA) is 58.6 Å². The second-order valence-corrected chi connectivity index (χ2v) is 6.89. The maximum Gasteiger partial charge on any atom is 0.312 e. The summed E-state index contributed by atoms with van der Waals surface area (Å²) in [6.45, 7) is 9.09. The molecule has 1 aromatic rings. The van der Waals surface area contributed by atoms with Crippen LogP contribution in [0.3, 0.4) is 0 Å². The van der Waals surface area contributed by atoms with Crippen molar-refractivity contribution in [2.24, 2.45) is 5.41 Å². The highest BCUT2D eigenvalue weighted by molar-refractivity contribution is 5.78. The van der Waals surface area contributed by atoms with Crippen molar-refractivity contribution in [2.75, 3.05) is 37.6 Å². The lowest BCUT2D eigenvalue weighted by molar-refractivity contribution is -0.149. The van der Waals surface area contributed by atoms with Crippen molar-refractivity contribution in [3.8, 4) is 0 Å². The van der Waals surface area contributed by atoms with Crippen molar-refractivity contribution in [2.45, 2.75) is 45.6 Å². The molecule has 132 valence electrons. The predicted octanol–water partition coefficient (Wildman–Crippen LogP) is 2.11. The van der Waals surface area contributed by atoms with Crippen molar-refractivity contribution in [1.29, 1.82) is 0 Å². The van der Waals surface area contributed by atoms with Gasteiger partial charge in [-0.15, -0.1) is 0 Å². The number of ether oxygens (including phenoxy) is 1. The number of piperazine rings is 1. The summed E-state index contributed by atoms with van der Waals surface area (Å²) >= 11 is 0. The van der Waals surface area contributed by atoms with Crippen molar-refractivity contribution in [3.63, 3.8) is 0 Å². The van der Waals surface area contributed by atoms with E-state index in [-0.39, 0.29) is 17.5 Å². The molecule has 0 aromatic carbocycles. The Hall–Kier alpha value is -1.69. The van der Waals surface area contributed by atoms with Crippen LogP contribution in [0.5, 0.6) is 0 Å². The third-order valence-corrected chi connectivity index (χ3v) is 5.65. The van der Waals surface area contributed by atoms with Crippen LogP contribution in [0.1, 0.15) is 39.5 Å². The molecular weight excluding hydrogens is 304 g/mol. The molecule has 6 heteroatoms. The minimum atomic E-state index is -0.228. The highest BCUT2D eigenvalue weighted by atomic mass is 16.6. The monoisotopic (exact) mass is 332 g/mol. The van der Waals surface area contributed by atoms with Crippen LogP contribution in [-0.2, 0) is 9.53 Å². The fourth-order valence-corrected chi connectivity index (χ4v) is 3.78. The zero-order valence-corrected chi connectivity index (χ0v) is 14.8.